The maximum absolute atomic E-state index is 15.1. The lowest BCUT2D eigenvalue weighted by atomic mass is 9.63. The molecule has 3 N–H and O–H groups in total. The van der Waals surface area contributed by atoms with E-state index in [9.17, 15) is 19.8 Å². The third-order valence-corrected chi connectivity index (χ3v) is 6.71. The third kappa shape index (κ3) is 3.90. The number of carboxylic acid groups (broad SMARTS) is 1. The molecule has 0 unspecified atom stereocenters. The lowest BCUT2D eigenvalue weighted by Crippen LogP contribution is -2.60. The highest BCUT2D eigenvalue weighted by Crippen LogP contribution is 2.64. The van der Waals surface area contributed by atoms with Gasteiger partial charge in [0, 0.05) is 25.2 Å². The molecule has 27 heavy (non-hydrogen) atoms. The minimum absolute atomic E-state index is 0.0600. The van der Waals surface area contributed by atoms with Gasteiger partial charge in [0.25, 0.3) is 5.92 Å². The van der Waals surface area contributed by atoms with Gasteiger partial charge in [-0.1, -0.05) is 32.6 Å². The Balaban J connectivity index is 2.17. The van der Waals surface area contributed by atoms with Crippen LogP contribution < -0.4 is 0 Å². The van der Waals surface area contributed by atoms with Gasteiger partial charge in [0.2, 0.25) is 0 Å². The van der Waals surface area contributed by atoms with Gasteiger partial charge < -0.3 is 15.3 Å². The van der Waals surface area contributed by atoms with Crippen LogP contribution in [0.2, 0.25) is 0 Å². The summed E-state index contributed by atoms with van der Waals surface area (Å²) in [6, 6.07) is 0. The Morgan fingerprint density at radius 3 is 2.52 bits per heavy atom. The first-order valence-electron chi connectivity index (χ1n) is 10.2. The van der Waals surface area contributed by atoms with E-state index < -0.39 is 47.1 Å². The summed E-state index contributed by atoms with van der Waals surface area (Å²) in [7, 11) is 0. The summed E-state index contributed by atoms with van der Waals surface area (Å²) in [6.45, 7) is 1.80. The Hall–Kier alpha value is -1.08. The fourth-order valence-corrected chi connectivity index (χ4v) is 5.29. The molecule has 0 aliphatic heterocycles. The molecule has 2 aliphatic carbocycles. The van der Waals surface area contributed by atoms with Crippen molar-refractivity contribution in [1.82, 2.24) is 0 Å². The number of ketones is 1. The third-order valence-electron chi connectivity index (χ3n) is 6.71. The van der Waals surface area contributed by atoms with Gasteiger partial charge in [0.1, 0.15) is 11.4 Å². The summed E-state index contributed by atoms with van der Waals surface area (Å²) in [4.78, 5) is 23.4. The minimum Gasteiger partial charge on any atom is -0.481 e. The van der Waals surface area contributed by atoms with E-state index in [1.807, 2.05) is 0 Å². The zero-order valence-electron chi connectivity index (χ0n) is 16.1. The van der Waals surface area contributed by atoms with Crippen molar-refractivity contribution in [1.29, 1.82) is 0 Å². The summed E-state index contributed by atoms with van der Waals surface area (Å²) in [5.74, 6) is -5.31. The zero-order valence-corrected chi connectivity index (χ0v) is 16.1. The van der Waals surface area contributed by atoms with E-state index in [-0.39, 0.29) is 38.5 Å². The van der Waals surface area contributed by atoms with Crippen molar-refractivity contribution in [3.63, 3.8) is 0 Å². The molecule has 0 amide bonds. The Morgan fingerprint density at radius 2 is 1.89 bits per heavy atom. The number of hydrogen-bond donors (Lipinski definition) is 3. The van der Waals surface area contributed by atoms with Crippen LogP contribution in [0.5, 0.6) is 0 Å². The summed E-state index contributed by atoms with van der Waals surface area (Å²) in [5, 5.41) is 30.1. The van der Waals surface area contributed by atoms with Crippen LogP contribution in [0.3, 0.4) is 0 Å². The van der Waals surface area contributed by atoms with Crippen molar-refractivity contribution in [2.24, 2.45) is 11.3 Å². The summed E-state index contributed by atoms with van der Waals surface area (Å²) in [5.41, 5.74) is -3.99. The topological polar surface area (TPSA) is 94.8 Å². The predicted molar refractivity (Wildman–Crippen MR) is 95.5 cm³/mol. The zero-order chi connectivity index (χ0) is 20.3. The van der Waals surface area contributed by atoms with E-state index in [4.69, 9.17) is 5.11 Å². The number of carbonyl (C=O) groups excluding carboxylic acids is 1. The maximum atomic E-state index is 15.1. The predicted octanol–water partition coefficient (Wildman–Crippen LogP) is 3.70. The molecule has 0 heterocycles. The molecule has 0 aromatic heterocycles. The number of halogens is 2. The number of aliphatic hydroxyl groups excluding tert-OH is 1. The van der Waals surface area contributed by atoms with Gasteiger partial charge in [-0.15, -0.1) is 0 Å². The number of carbonyl (C=O) groups is 2. The van der Waals surface area contributed by atoms with E-state index in [2.05, 4.69) is 0 Å². The first-order valence-corrected chi connectivity index (χ1v) is 10.2. The fourth-order valence-electron chi connectivity index (χ4n) is 5.29. The summed E-state index contributed by atoms with van der Waals surface area (Å²) >= 11 is 0. The minimum atomic E-state index is -3.37. The van der Waals surface area contributed by atoms with Crippen LogP contribution in [0.1, 0.15) is 84.0 Å². The van der Waals surface area contributed by atoms with E-state index in [0.29, 0.717) is 32.1 Å². The van der Waals surface area contributed by atoms with Crippen molar-refractivity contribution < 1.29 is 33.7 Å². The average molecular weight is 390 g/mol. The van der Waals surface area contributed by atoms with Crippen molar-refractivity contribution in [2.75, 3.05) is 0 Å². The number of rotatable bonds is 11. The van der Waals surface area contributed by atoms with Gasteiger partial charge in [-0.25, -0.2) is 8.78 Å². The molecule has 0 saturated heterocycles. The van der Waals surface area contributed by atoms with Gasteiger partial charge >= 0.3 is 5.97 Å². The van der Waals surface area contributed by atoms with Crippen LogP contribution in [-0.4, -0.2) is 44.7 Å². The molecular formula is C20H32F2O5. The van der Waals surface area contributed by atoms with Crippen molar-refractivity contribution in [2.45, 2.75) is 102 Å². The van der Waals surface area contributed by atoms with E-state index in [1.54, 1.807) is 6.92 Å². The fraction of sp³-hybridized carbons (Fsp3) is 0.900. The Bertz CT molecular complexity index is 552. The highest BCUT2D eigenvalue weighted by molar-refractivity contribution is 5.90. The van der Waals surface area contributed by atoms with Gasteiger partial charge in [0.05, 0.1) is 11.5 Å². The largest absolute Gasteiger partial charge is 0.481 e. The number of carboxylic acids is 1. The molecule has 0 aromatic rings. The second-order valence-electron chi connectivity index (χ2n) is 8.29. The van der Waals surface area contributed by atoms with Gasteiger partial charge in [-0.2, -0.15) is 0 Å². The Kier molecular flexibility index (Phi) is 7.01. The standard InChI is InChI=1S/C20H32F2O5/c1-2-3-11-20(21,22)19(27)12-9-14-15(23)13-16(24)18(14,19)10-7-5-4-6-8-17(25)26/h14-15,23,27H,2-13H2,1H3,(H,25,26)/t14-,15+,18-,19-/m0/s1. The van der Waals surface area contributed by atoms with Crippen LogP contribution in [0, 0.1) is 11.3 Å². The van der Waals surface area contributed by atoms with Crippen LogP contribution in [0.15, 0.2) is 0 Å². The first-order chi connectivity index (χ1) is 12.6. The number of Topliss-reactive ketones (excluding diaryl/α,β-unsaturated/α-hetero) is 1. The molecule has 2 fully saturated rings. The molecule has 0 aromatic carbocycles. The molecule has 2 saturated carbocycles. The second kappa shape index (κ2) is 8.52. The number of hydrogen-bond acceptors (Lipinski definition) is 4. The smallest absolute Gasteiger partial charge is 0.303 e. The molecule has 0 bridgehead atoms. The quantitative estimate of drug-likeness (QED) is 0.468. The highest BCUT2D eigenvalue weighted by atomic mass is 19.3. The molecule has 7 heteroatoms. The first kappa shape index (κ1) is 22.2. The van der Waals surface area contributed by atoms with Gasteiger partial charge in [0.15, 0.2) is 0 Å². The SMILES string of the molecule is CCCCC(F)(F)[C@]1(O)CC[C@H]2[C@H](O)CC(=O)[C@]21CCCCCCC(=O)O. The summed E-state index contributed by atoms with van der Waals surface area (Å²) < 4.78 is 30.1. The van der Waals surface area contributed by atoms with Crippen LogP contribution in [0.25, 0.3) is 0 Å². The summed E-state index contributed by atoms with van der Waals surface area (Å²) in [6.07, 6.45) is 1.68. The molecule has 2 rings (SSSR count). The van der Waals surface area contributed by atoms with E-state index >= 15 is 8.78 Å². The number of unbranched alkanes of at least 4 members (excludes halogenated alkanes) is 4. The van der Waals surface area contributed by atoms with Crippen molar-refractivity contribution in [3.05, 3.63) is 0 Å². The molecule has 0 spiro atoms. The normalized spacial score (nSPS) is 33.4. The van der Waals surface area contributed by atoms with Gasteiger partial charge in [-0.3, -0.25) is 9.59 Å². The number of aliphatic carboxylic acids is 1. The Morgan fingerprint density at radius 1 is 1.22 bits per heavy atom. The molecule has 4 atom stereocenters. The van der Waals surface area contributed by atoms with Crippen molar-refractivity contribution >= 4 is 11.8 Å². The number of fused-ring (bicyclic) bond motifs is 1. The number of aliphatic hydroxyl groups is 2. The monoisotopic (exact) mass is 390 g/mol. The van der Waals surface area contributed by atoms with E-state index in [1.165, 1.54) is 0 Å². The molecule has 0 radical (unpaired) electrons. The lowest BCUT2D eigenvalue weighted by molar-refractivity contribution is -0.233. The van der Waals surface area contributed by atoms with Crippen LogP contribution >= 0.6 is 0 Å². The van der Waals surface area contributed by atoms with Crippen molar-refractivity contribution in [3.8, 4) is 0 Å². The Labute approximate surface area is 159 Å². The molecule has 156 valence electrons. The molecule has 5 nitrogen and oxygen atoms in total. The molecule has 2 aliphatic rings. The lowest BCUT2D eigenvalue weighted by Gasteiger charge is -2.46. The van der Waals surface area contributed by atoms with Crippen LogP contribution in [0.4, 0.5) is 8.78 Å². The molecular weight excluding hydrogens is 358 g/mol. The second-order valence-corrected chi connectivity index (χ2v) is 8.29. The highest BCUT2D eigenvalue weighted by Gasteiger charge is 2.75. The van der Waals surface area contributed by atoms with E-state index in [0.717, 1.165) is 0 Å². The van der Waals surface area contributed by atoms with Crippen LogP contribution in [-0.2, 0) is 9.59 Å². The van der Waals surface area contributed by atoms with Gasteiger partial charge in [-0.05, 0) is 32.1 Å². The average Bonchev–Trinajstić information content (AvgIpc) is 3.03. The maximum Gasteiger partial charge on any atom is 0.303 e. The number of alkyl halides is 2.